The predicted molar refractivity (Wildman–Crippen MR) is 80.8 cm³/mol. The van der Waals surface area contributed by atoms with Crippen molar-refractivity contribution in [2.75, 3.05) is 20.2 Å². The average molecular weight is 308 g/mol. The number of hydrogen-bond acceptors (Lipinski definition) is 5. The van der Waals surface area contributed by atoms with Crippen molar-refractivity contribution in [1.29, 1.82) is 0 Å². The first-order valence-electron chi connectivity index (χ1n) is 6.99. The van der Waals surface area contributed by atoms with Crippen molar-refractivity contribution >= 4 is 12.4 Å². The van der Waals surface area contributed by atoms with Gasteiger partial charge in [0.25, 0.3) is 0 Å². The van der Waals surface area contributed by atoms with Gasteiger partial charge in [-0.3, -0.25) is 0 Å². The Hall–Kier alpha value is -1.59. The predicted octanol–water partition coefficient (Wildman–Crippen LogP) is 2.63. The molecule has 0 radical (unpaired) electrons. The standard InChI is InChI=1S/C15H17N3O2.ClH/c1-19-11-4-2-10(3-5-11)13-17-14(20-18-13)12-8-15(12)6-7-16-9-15;/h2-5,12,16H,6-9H2,1H3;1H. The molecule has 4 rings (SSSR count). The van der Waals surface area contributed by atoms with E-state index in [2.05, 4.69) is 15.5 Å². The molecule has 0 amide bonds. The maximum Gasteiger partial charge on any atom is 0.230 e. The molecule has 112 valence electrons. The molecule has 1 aliphatic heterocycles. The van der Waals surface area contributed by atoms with E-state index in [0.717, 1.165) is 30.3 Å². The Kier molecular flexibility index (Phi) is 3.63. The Morgan fingerprint density at radius 3 is 2.81 bits per heavy atom. The van der Waals surface area contributed by atoms with Crippen LogP contribution in [0.15, 0.2) is 28.8 Å². The molecule has 1 saturated carbocycles. The van der Waals surface area contributed by atoms with Crippen LogP contribution >= 0.6 is 12.4 Å². The van der Waals surface area contributed by atoms with Crippen LogP contribution in [0.25, 0.3) is 11.4 Å². The van der Waals surface area contributed by atoms with Gasteiger partial charge in [0.05, 0.1) is 7.11 Å². The topological polar surface area (TPSA) is 60.2 Å². The van der Waals surface area contributed by atoms with Crippen LogP contribution in [0.1, 0.15) is 24.7 Å². The first-order valence-corrected chi connectivity index (χ1v) is 6.99. The highest BCUT2D eigenvalue weighted by Crippen LogP contribution is 2.62. The van der Waals surface area contributed by atoms with Gasteiger partial charge in [-0.25, -0.2) is 0 Å². The zero-order valence-corrected chi connectivity index (χ0v) is 12.7. The van der Waals surface area contributed by atoms with Crippen LogP contribution in [-0.2, 0) is 0 Å². The summed E-state index contributed by atoms with van der Waals surface area (Å²) in [4.78, 5) is 4.57. The van der Waals surface area contributed by atoms with Crippen molar-refractivity contribution in [2.45, 2.75) is 18.8 Å². The molecule has 5 nitrogen and oxygen atoms in total. The summed E-state index contributed by atoms with van der Waals surface area (Å²) in [7, 11) is 1.66. The lowest BCUT2D eigenvalue weighted by molar-refractivity contribution is 0.364. The van der Waals surface area contributed by atoms with Crippen LogP contribution < -0.4 is 10.1 Å². The lowest BCUT2D eigenvalue weighted by Gasteiger charge is -2.02. The number of ether oxygens (including phenoxy) is 1. The van der Waals surface area contributed by atoms with E-state index in [1.54, 1.807) is 7.11 Å². The van der Waals surface area contributed by atoms with Gasteiger partial charge in [0.15, 0.2) is 0 Å². The van der Waals surface area contributed by atoms with Gasteiger partial charge in [0, 0.05) is 18.0 Å². The molecule has 1 saturated heterocycles. The van der Waals surface area contributed by atoms with Gasteiger partial charge >= 0.3 is 0 Å². The second-order valence-corrected chi connectivity index (χ2v) is 5.73. The third kappa shape index (κ3) is 2.40. The summed E-state index contributed by atoms with van der Waals surface area (Å²) in [5, 5.41) is 7.53. The minimum Gasteiger partial charge on any atom is -0.497 e. The molecule has 1 aromatic heterocycles. The number of aromatic nitrogens is 2. The fourth-order valence-corrected chi connectivity index (χ4v) is 3.17. The Balaban J connectivity index is 0.00000132. The maximum atomic E-state index is 5.47. The molecule has 2 unspecified atom stereocenters. The number of methoxy groups -OCH3 is 1. The molecule has 1 spiro atoms. The lowest BCUT2D eigenvalue weighted by atomic mass is 10.0. The molecular weight excluding hydrogens is 290 g/mol. The summed E-state index contributed by atoms with van der Waals surface area (Å²) in [5.74, 6) is 2.72. The molecule has 1 N–H and O–H groups in total. The Labute approximate surface area is 129 Å². The van der Waals surface area contributed by atoms with Gasteiger partial charge in [-0.05, 0) is 49.1 Å². The molecule has 2 aliphatic rings. The van der Waals surface area contributed by atoms with Gasteiger partial charge in [0.1, 0.15) is 5.75 Å². The average Bonchev–Trinajstić information content (AvgIpc) is 2.86. The fraction of sp³-hybridized carbons (Fsp3) is 0.467. The van der Waals surface area contributed by atoms with Gasteiger partial charge in [-0.1, -0.05) is 5.16 Å². The second-order valence-electron chi connectivity index (χ2n) is 5.73. The van der Waals surface area contributed by atoms with Crippen LogP contribution in [-0.4, -0.2) is 30.3 Å². The van der Waals surface area contributed by atoms with Gasteiger partial charge in [-0.15, -0.1) is 12.4 Å². The molecule has 2 fully saturated rings. The third-order valence-electron chi connectivity index (χ3n) is 4.55. The summed E-state index contributed by atoms with van der Waals surface area (Å²) in [5.41, 5.74) is 1.35. The summed E-state index contributed by atoms with van der Waals surface area (Å²) in [6.07, 6.45) is 2.39. The van der Waals surface area contributed by atoms with Crippen LogP contribution in [0.2, 0.25) is 0 Å². The number of nitrogens with one attached hydrogen (secondary N) is 1. The minimum atomic E-state index is 0. The van der Waals surface area contributed by atoms with Crippen molar-refractivity contribution < 1.29 is 9.26 Å². The Bertz CT molecular complexity index is 620. The number of hydrogen-bond donors (Lipinski definition) is 1. The van der Waals surface area contributed by atoms with E-state index in [-0.39, 0.29) is 12.4 Å². The van der Waals surface area contributed by atoms with E-state index >= 15 is 0 Å². The van der Waals surface area contributed by atoms with E-state index in [4.69, 9.17) is 9.26 Å². The highest BCUT2D eigenvalue weighted by Gasteiger charge is 2.58. The highest BCUT2D eigenvalue weighted by atomic mass is 35.5. The third-order valence-corrected chi connectivity index (χ3v) is 4.55. The summed E-state index contributed by atoms with van der Waals surface area (Å²) >= 11 is 0. The minimum absolute atomic E-state index is 0. The van der Waals surface area contributed by atoms with E-state index in [9.17, 15) is 0 Å². The molecule has 2 heterocycles. The van der Waals surface area contributed by atoms with Crippen molar-refractivity contribution in [3.8, 4) is 17.1 Å². The molecule has 1 aliphatic carbocycles. The molecule has 2 aromatic rings. The van der Waals surface area contributed by atoms with Gasteiger partial charge in [-0.2, -0.15) is 4.98 Å². The molecule has 0 bridgehead atoms. The largest absolute Gasteiger partial charge is 0.497 e. The molecule has 1 aromatic carbocycles. The summed E-state index contributed by atoms with van der Waals surface area (Å²) < 4.78 is 10.6. The summed E-state index contributed by atoms with van der Waals surface area (Å²) in [6.45, 7) is 2.19. The summed E-state index contributed by atoms with van der Waals surface area (Å²) in [6, 6.07) is 7.72. The first kappa shape index (κ1) is 14.4. The Morgan fingerprint density at radius 1 is 1.33 bits per heavy atom. The van der Waals surface area contributed by atoms with Crippen LogP contribution in [0.4, 0.5) is 0 Å². The first-order chi connectivity index (χ1) is 9.81. The quantitative estimate of drug-likeness (QED) is 0.944. The van der Waals surface area contributed by atoms with Crippen molar-refractivity contribution in [3.05, 3.63) is 30.2 Å². The number of nitrogens with zero attached hydrogens (tertiary/aromatic N) is 2. The van der Waals surface area contributed by atoms with Crippen molar-refractivity contribution in [2.24, 2.45) is 5.41 Å². The fourth-order valence-electron chi connectivity index (χ4n) is 3.17. The number of rotatable bonds is 3. The lowest BCUT2D eigenvalue weighted by Crippen LogP contribution is -2.10. The second kappa shape index (κ2) is 5.31. The molecule has 2 atom stereocenters. The van der Waals surface area contributed by atoms with E-state index in [1.807, 2.05) is 24.3 Å². The van der Waals surface area contributed by atoms with Crippen LogP contribution in [0, 0.1) is 5.41 Å². The Morgan fingerprint density at radius 2 is 2.14 bits per heavy atom. The maximum absolute atomic E-state index is 5.47. The van der Waals surface area contributed by atoms with E-state index in [0.29, 0.717) is 17.2 Å². The van der Waals surface area contributed by atoms with Crippen molar-refractivity contribution in [1.82, 2.24) is 15.5 Å². The SMILES string of the molecule is COc1ccc(-c2noc(C3CC34CCNC4)n2)cc1.Cl. The van der Waals surface area contributed by atoms with Gasteiger partial charge in [0.2, 0.25) is 11.7 Å². The van der Waals surface area contributed by atoms with E-state index < -0.39 is 0 Å². The number of halogens is 1. The zero-order valence-electron chi connectivity index (χ0n) is 11.8. The van der Waals surface area contributed by atoms with Crippen LogP contribution in [0.3, 0.4) is 0 Å². The molecule has 21 heavy (non-hydrogen) atoms. The van der Waals surface area contributed by atoms with Gasteiger partial charge < -0.3 is 14.6 Å². The number of benzene rings is 1. The molecular formula is C15H18ClN3O2. The smallest absolute Gasteiger partial charge is 0.230 e. The normalized spacial score (nSPS) is 26.6. The van der Waals surface area contributed by atoms with E-state index in [1.165, 1.54) is 12.8 Å². The van der Waals surface area contributed by atoms with Crippen molar-refractivity contribution in [3.63, 3.8) is 0 Å². The zero-order chi connectivity index (χ0) is 13.6. The monoisotopic (exact) mass is 307 g/mol. The molecule has 6 heteroatoms. The highest BCUT2D eigenvalue weighted by molar-refractivity contribution is 5.85. The van der Waals surface area contributed by atoms with Crippen LogP contribution in [0.5, 0.6) is 5.75 Å².